The molecule has 4 nitrogen and oxygen atoms in total. The molecule has 0 aliphatic heterocycles. The van der Waals surface area contributed by atoms with Crippen LogP contribution in [0.1, 0.15) is 37.5 Å². The second kappa shape index (κ2) is 8.99. The summed E-state index contributed by atoms with van der Waals surface area (Å²) < 4.78 is 10.5. The first kappa shape index (κ1) is 19.4. The van der Waals surface area contributed by atoms with Gasteiger partial charge in [-0.05, 0) is 43.5 Å². The van der Waals surface area contributed by atoms with E-state index in [0.29, 0.717) is 0 Å². The normalized spacial score (nSPS) is 11.3. The van der Waals surface area contributed by atoms with Gasteiger partial charge in [-0.15, -0.1) is 0 Å². The molecule has 0 aliphatic carbocycles. The van der Waals surface area contributed by atoms with Gasteiger partial charge < -0.3 is 9.47 Å². The third-order valence-corrected chi connectivity index (χ3v) is 3.39. The van der Waals surface area contributed by atoms with E-state index >= 15 is 0 Å². The third-order valence-electron chi connectivity index (χ3n) is 3.39. The van der Waals surface area contributed by atoms with Crippen LogP contribution in [-0.4, -0.2) is 17.5 Å². The molecule has 136 valence electrons. The summed E-state index contributed by atoms with van der Waals surface area (Å²) in [6, 6.07) is 17.0. The number of ether oxygens (including phenoxy) is 2. The molecular formula is C22H24O4. The van der Waals surface area contributed by atoms with Crippen molar-refractivity contribution in [2.24, 2.45) is 0 Å². The van der Waals surface area contributed by atoms with Gasteiger partial charge in [0.25, 0.3) is 0 Å². The molecule has 2 aromatic rings. The van der Waals surface area contributed by atoms with Crippen molar-refractivity contribution in [2.75, 3.05) is 0 Å². The Morgan fingerprint density at radius 2 is 1.58 bits per heavy atom. The summed E-state index contributed by atoms with van der Waals surface area (Å²) in [5, 5.41) is 0. The van der Waals surface area contributed by atoms with Crippen LogP contribution in [0.15, 0.2) is 60.7 Å². The average Bonchev–Trinajstić information content (AvgIpc) is 2.59. The minimum atomic E-state index is -0.509. The predicted molar refractivity (Wildman–Crippen MR) is 101 cm³/mol. The van der Waals surface area contributed by atoms with Crippen molar-refractivity contribution in [3.05, 3.63) is 77.4 Å². The van der Waals surface area contributed by atoms with Gasteiger partial charge in [-0.2, -0.15) is 0 Å². The lowest BCUT2D eigenvalue weighted by Crippen LogP contribution is -2.22. The highest BCUT2D eigenvalue weighted by Crippen LogP contribution is 2.11. The van der Waals surface area contributed by atoms with Crippen molar-refractivity contribution in [3.63, 3.8) is 0 Å². The standard InChI is InChI=1S/C22H24O4/c1-22(2,3)26-20(23)14-13-17-9-11-18(12-10-17)15-21(24)25-16-19-7-5-4-6-8-19/h4-14H,15-16H2,1-3H3/b14-13+. The van der Waals surface area contributed by atoms with Crippen LogP contribution in [0.2, 0.25) is 0 Å². The van der Waals surface area contributed by atoms with Crippen LogP contribution in [-0.2, 0) is 32.1 Å². The van der Waals surface area contributed by atoms with Crippen LogP contribution in [0, 0.1) is 0 Å². The van der Waals surface area contributed by atoms with Gasteiger partial charge in [-0.1, -0.05) is 54.6 Å². The van der Waals surface area contributed by atoms with Gasteiger partial charge in [-0.25, -0.2) is 4.79 Å². The summed E-state index contributed by atoms with van der Waals surface area (Å²) in [7, 11) is 0. The number of benzene rings is 2. The molecule has 0 radical (unpaired) electrons. The quantitative estimate of drug-likeness (QED) is 0.574. The maximum Gasteiger partial charge on any atom is 0.331 e. The molecule has 0 heterocycles. The maximum absolute atomic E-state index is 11.9. The molecule has 0 aliphatic rings. The molecule has 0 aromatic heterocycles. The largest absolute Gasteiger partial charge is 0.461 e. The number of hydrogen-bond acceptors (Lipinski definition) is 4. The zero-order chi connectivity index (χ0) is 19.0. The van der Waals surface area contributed by atoms with E-state index < -0.39 is 5.60 Å². The fraction of sp³-hybridized carbons (Fsp3) is 0.273. The van der Waals surface area contributed by atoms with E-state index in [-0.39, 0.29) is 25.0 Å². The Bertz CT molecular complexity index is 753. The highest BCUT2D eigenvalue weighted by atomic mass is 16.6. The van der Waals surface area contributed by atoms with Crippen molar-refractivity contribution in [1.29, 1.82) is 0 Å². The number of carbonyl (C=O) groups is 2. The van der Waals surface area contributed by atoms with Crippen LogP contribution < -0.4 is 0 Å². The number of rotatable bonds is 6. The highest BCUT2D eigenvalue weighted by Gasteiger charge is 2.13. The second-order valence-corrected chi connectivity index (χ2v) is 6.93. The Hall–Kier alpha value is -2.88. The SMILES string of the molecule is CC(C)(C)OC(=O)/C=C/c1ccc(CC(=O)OCc2ccccc2)cc1. The fourth-order valence-corrected chi connectivity index (χ4v) is 2.20. The average molecular weight is 352 g/mol. The molecule has 0 amide bonds. The minimum Gasteiger partial charge on any atom is -0.461 e. The van der Waals surface area contributed by atoms with E-state index in [9.17, 15) is 9.59 Å². The Morgan fingerprint density at radius 1 is 0.923 bits per heavy atom. The van der Waals surface area contributed by atoms with Gasteiger partial charge in [0, 0.05) is 6.08 Å². The Morgan fingerprint density at radius 3 is 2.19 bits per heavy atom. The molecular weight excluding hydrogens is 328 g/mol. The van der Waals surface area contributed by atoms with Gasteiger partial charge in [0.2, 0.25) is 0 Å². The van der Waals surface area contributed by atoms with E-state index in [1.54, 1.807) is 6.08 Å². The molecule has 0 saturated heterocycles. The van der Waals surface area contributed by atoms with E-state index in [4.69, 9.17) is 9.47 Å². The summed E-state index contributed by atoms with van der Waals surface area (Å²) >= 11 is 0. The smallest absolute Gasteiger partial charge is 0.331 e. The van der Waals surface area contributed by atoms with Crippen molar-refractivity contribution in [2.45, 2.75) is 39.4 Å². The highest BCUT2D eigenvalue weighted by molar-refractivity contribution is 5.87. The number of esters is 2. The lowest BCUT2D eigenvalue weighted by molar-refractivity contribution is -0.148. The van der Waals surface area contributed by atoms with Gasteiger partial charge >= 0.3 is 11.9 Å². The zero-order valence-electron chi connectivity index (χ0n) is 15.4. The molecule has 0 N–H and O–H groups in total. The van der Waals surface area contributed by atoms with Crippen molar-refractivity contribution in [1.82, 2.24) is 0 Å². The van der Waals surface area contributed by atoms with Gasteiger partial charge in [-0.3, -0.25) is 4.79 Å². The van der Waals surface area contributed by atoms with E-state index in [1.165, 1.54) is 6.08 Å². The first-order valence-electron chi connectivity index (χ1n) is 8.51. The third kappa shape index (κ3) is 7.34. The Balaban J connectivity index is 1.83. The molecule has 2 rings (SSSR count). The van der Waals surface area contributed by atoms with Crippen molar-refractivity contribution >= 4 is 18.0 Å². The fourth-order valence-electron chi connectivity index (χ4n) is 2.20. The minimum absolute atomic E-state index is 0.211. The summed E-state index contributed by atoms with van der Waals surface area (Å²) in [4.78, 5) is 23.6. The summed E-state index contributed by atoms with van der Waals surface area (Å²) in [5.41, 5.74) is 2.17. The number of carbonyl (C=O) groups excluding carboxylic acids is 2. The van der Waals surface area contributed by atoms with Gasteiger partial charge in [0.15, 0.2) is 0 Å². The number of hydrogen-bond donors (Lipinski definition) is 0. The van der Waals surface area contributed by atoms with E-state index in [2.05, 4.69) is 0 Å². The predicted octanol–water partition coefficient (Wildman–Crippen LogP) is 4.33. The molecule has 2 aromatic carbocycles. The molecule has 0 saturated carbocycles. The zero-order valence-corrected chi connectivity index (χ0v) is 15.4. The van der Waals surface area contributed by atoms with E-state index in [0.717, 1.165) is 16.7 Å². The van der Waals surface area contributed by atoms with Crippen molar-refractivity contribution < 1.29 is 19.1 Å². The first-order valence-corrected chi connectivity index (χ1v) is 8.51. The van der Waals surface area contributed by atoms with Crippen LogP contribution >= 0.6 is 0 Å². The monoisotopic (exact) mass is 352 g/mol. The second-order valence-electron chi connectivity index (χ2n) is 6.93. The van der Waals surface area contributed by atoms with Crippen LogP contribution in [0.25, 0.3) is 6.08 Å². The summed E-state index contributed by atoms with van der Waals surface area (Å²) in [6.07, 6.45) is 3.29. The molecule has 4 heteroatoms. The lowest BCUT2D eigenvalue weighted by atomic mass is 10.1. The Labute approximate surface area is 154 Å². The molecule has 0 atom stereocenters. The van der Waals surface area contributed by atoms with Crippen LogP contribution in [0.5, 0.6) is 0 Å². The van der Waals surface area contributed by atoms with E-state index in [1.807, 2.05) is 75.4 Å². The van der Waals surface area contributed by atoms with Crippen LogP contribution in [0.4, 0.5) is 0 Å². The molecule has 0 bridgehead atoms. The summed E-state index contributed by atoms with van der Waals surface area (Å²) in [5.74, 6) is -0.656. The maximum atomic E-state index is 11.9. The van der Waals surface area contributed by atoms with Gasteiger partial charge in [0.1, 0.15) is 12.2 Å². The first-order chi connectivity index (χ1) is 12.3. The van der Waals surface area contributed by atoms with Gasteiger partial charge in [0.05, 0.1) is 6.42 Å². The molecule has 0 spiro atoms. The van der Waals surface area contributed by atoms with Crippen LogP contribution in [0.3, 0.4) is 0 Å². The molecule has 0 fully saturated rings. The Kier molecular flexibility index (Phi) is 6.73. The topological polar surface area (TPSA) is 52.6 Å². The lowest BCUT2D eigenvalue weighted by Gasteiger charge is -2.17. The summed E-state index contributed by atoms with van der Waals surface area (Å²) in [6.45, 7) is 5.75. The van der Waals surface area contributed by atoms with Crippen molar-refractivity contribution in [3.8, 4) is 0 Å². The molecule has 0 unspecified atom stereocenters. The molecule has 26 heavy (non-hydrogen) atoms.